The number of pyridine rings is 1. The molecule has 0 radical (unpaired) electrons. The summed E-state index contributed by atoms with van der Waals surface area (Å²) in [5.74, 6) is -1.19. The zero-order chi connectivity index (χ0) is 12.1. The number of urea groups is 1. The van der Waals surface area contributed by atoms with Gasteiger partial charge in [0.25, 0.3) is 0 Å². The molecule has 2 amide bonds. The summed E-state index contributed by atoms with van der Waals surface area (Å²) >= 11 is 0. The molecule has 0 aromatic carbocycles. The van der Waals surface area contributed by atoms with Crippen molar-refractivity contribution in [2.24, 2.45) is 5.73 Å². The van der Waals surface area contributed by atoms with E-state index < -0.39 is 24.3 Å². The number of aromatic nitrogens is 1. The van der Waals surface area contributed by atoms with Gasteiger partial charge in [-0.2, -0.15) is 8.78 Å². The number of primary amides is 1. The molecule has 88 valence electrons. The third-order valence-corrected chi connectivity index (χ3v) is 1.57. The Morgan fingerprint density at radius 1 is 1.62 bits per heavy atom. The maximum atomic E-state index is 13.1. The third-order valence-electron chi connectivity index (χ3n) is 1.57. The van der Waals surface area contributed by atoms with Gasteiger partial charge in [-0.15, -0.1) is 0 Å². The van der Waals surface area contributed by atoms with Crippen LogP contribution in [0.2, 0.25) is 0 Å². The standard InChI is InChI=1S/C8H8F3N3O2/c9-5-3-13-6(16-7(10)11)1-4(5)2-14-8(12)15/h1,3,7H,2H2,(H3,12,14,15). The van der Waals surface area contributed by atoms with Crippen LogP contribution in [0.1, 0.15) is 5.56 Å². The molecule has 0 spiro atoms. The lowest BCUT2D eigenvalue weighted by molar-refractivity contribution is -0.0529. The highest BCUT2D eigenvalue weighted by Crippen LogP contribution is 2.15. The van der Waals surface area contributed by atoms with Crippen molar-refractivity contribution in [3.8, 4) is 5.88 Å². The van der Waals surface area contributed by atoms with E-state index >= 15 is 0 Å². The first-order chi connectivity index (χ1) is 7.49. The molecule has 0 unspecified atom stereocenters. The summed E-state index contributed by atoms with van der Waals surface area (Å²) in [4.78, 5) is 13.7. The Kier molecular flexibility index (Phi) is 3.92. The number of nitrogens with two attached hydrogens (primary N) is 1. The molecule has 0 aliphatic heterocycles. The fourth-order valence-electron chi connectivity index (χ4n) is 0.932. The van der Waals surface area contributed by atoms with Crippen molar-refractivity contribution in [2.75, 3.05) is 0 Å². The number of amides is 2. The first kappa shape index (κ1) is 12.1. The van der Waals surface area contributed by atoms with Crippen molar-refractivity contribution in [3.05, 3.63) is 23.6 Å². The number of halogens is 3. The molecule has 0 aliphatic rings. The highest BCUT2D eigenvalue weighted by Gasteiger charge is 2.10. The number of alkyl halides is 2. The van der Waals surface area contributed by atoms with Crippen LogP contribution in [0.5, 0.6) is 5.88 Å². The van der Waals surface area contributed by atoms with Crippen LogP contribution >= 0.6 is 0 Å². The van der Waals surface area contributed by atoms with Crippen LogP contribution in [0, 0.1) is 5.82 Å². The van der Waals surface area contributed by atoms with Crippen LogP contribution in [-0.4, -0.2) is 17.6 Å². The summed E-state index contributed by atoms with van der Waals surface area (Å²) in [6, 6.07) is 0.102. The van der Waals surface area contributed by atoms with Crippen LogP contribution in [0.15, 0.2) is 12.3 Å². The number of ether oxygens (including phenoxy) is 1. The molecule has 1 heterocycles. The molecule has 0 bridgehead atoms. The van der Waals surface area contributed by atoms with Crippen molar-refractivity contribution < 1.29 is 22.7 Å². The van der Waals surface area contributed by atoms with Crippen LogP contribution in [-0.2, 0) is 6.54 Å². The molecule has 3 N–H and O–H groups in total. The van der Waals surface area contributed by atoms with E-state index in [0.717, 1.165) is 12.3 Å². The Labute approximate surface area is 88.4 Å². The summed E-state index contributed by atoms with van der Waals surface area (Å²) in [5, 5.41) is 2.11. The number of hydrogen-bond donors (Lipinski definition) is 2. The average molecular weight is 235 g/mol. The summed E-state index contributed by atoms with van der Waals surface area (Å²) in [6.07, 6.45) is 0.718. The van der Waals surface area contributed by atoms with Gasteiger partial charge in [0, 0.05) is 18.2 Å². The smallest absolute Gasteiger partial charge is 0.388 e. The number of nitrogens with zero attached hydrogens (tertiary/aromatic N) is 1. The van der Waals surface area contributed by atoms with Crippen LogP contribution in [0.25, 0.3) is 0 Å². The lowest BCUT2D eigenvalue weighted by atomic mass is 10.2. The van der Waals surface area contributed by atoms with Gasteiger partial charge in [-0.05, 0) is 0 Å². The van der Waals surface area contributed by atoms with Gasteiger partial charge in [-0.3, -0.25) is 0 Å². The molecular formula is C8H8F3N3O2. The maximum Gasteiger partial charge on any atom is 0.388 e. The number of carbonyl (C=O) groups is 1. The number of carbonyl (C=O) groups excluding carboxylic acids is 1. The SMILES string of the molecule is NC(=O)NCc1cc(OC(F)F)ncc1F. The van der Waals surface area contributed by atoms with Gasteiger partial charge < -0.3 is 15.8 Å². The van der Waals surface area contributed by atoms with Crippen molar-refractivity contribution in [1.82, 2.24) is 10.3 Å². The van der Waals surface area contributed by atoms with E-state index in [1.54, 1.807) is 0 Å². The van der Waals surface area contributed by atoms with E-state index in [4.69, 9.17) is 5.73 Å². The average Bonchev–Trinajstić information content (AvgIpc) is 2.18. The van der Waals surface area contributed by atoms with Gasteiger partial charge in [0.2, 0.25) is 5.88 Å². The molecule has 8 heteroatoms. The topological polar surface area (TPSA) is 77.2 Å². The van der Waals surface area contributed by atoms with E-state index in [-0.39, 0.29) is 12.1 Å². The Balaban J connectivity index is 2.77. The second-order valence-electron chi connectivity index (χ2n) is 2.71. The molecule has 0 aliphatic carbocycles. The molecule has 1 aromatic rings. The molecule has 16 heavy (non-hydrogen) atoms. The highest BCUT2D eigenvalue weighted by atomic mass is 19.3. The predicted octanol–water partition coefficient (Wildman–Crippen LogP) is 0.990. The van der Waals surface area contributed by atoms with E-state index in [2.05, 4.69) is 15.0 Å². The first-order valence-electron chi connectivity index (χ1n) is 4.11. The monoisotopic (exact) mass is 235 g/mol. The molecular weight excluding hydrogens is 227 g/mol. The fourth-order valence-corrected chi connectivity index (χ4v) is 0.932. The van der Waals surface area contributed by atoms with Crippen LogP contribution < -0.4 is 15.8 Å². The molecule has 0 fully saturated rings. The lowest BCUT2D eigenvalue weighted by Crippen LogP contribution is -2.29. The third kappa shape index (κ3) is 3.64. The summed E-state index contributed by atoms with van der Waals surface area (Å²) < 4.78 is 40.7. The number of nitrogens with one attached hydrogen (secondary N) is 1. The molecule has 5 nitrogen and oxygen atoms in total. The van der Waals surface area contributed by atoms with Gasteiger partial charge >= 0.3 is 12.6 Å². The van der Waals surface area contributed by atoms with Crippen molar-refractivity contribution in [3.63, 3.8) is 0 Å². The summed E-state index contributed by atoms with van der Waals surface area (Å²) in [7, 11) is 0. The van der Waals surface area contributed by atoms with E-state index in [9.17, 15) is 18.0 Å². The minimum Gasteiger partial charge on any atom is -0.417 e. The molecule has 1 aromatic heterocycles. The second-order valence-corrected chi connectivity index (χ2v) is 2.71. The van der Waals surface area contributed by atoms with Gasteiger partial charge in [0.15, 0.2) is 0 Å². The number of hydrogen-bond acceptors (Lipinski definition) is 3. The maximum absolute atomic E-state index is 13.1. The van der Waals surface area contributed by atoms with Crippen LogP contribution in [0.4, 0.5) is 18.0 Å². The van der Waals surface area contributed by atoms with Crippen molar-refractivity contribution in [2.45, 2.75) is 13.2 Å². The zero-order valence-corrected chi connectivity index (χ0v) is 7.91. The van der Waals surface area contributed by atoms with E-state index in [1.165, 1.54) is 0 Å². The molecule has 0 atom stereocenters. The quantitative estimate of drug-likeness (QED) is 0.816. The van der Waals surface area contributed by atoms with E-state index in [1.807, 2.05) is 0 Å². The highest BCUT2D eigenvalue weighted by molar-refractivity contribution is 5.71. The normalized spacial score (nSPS) is 10.2. The number of rotatable bonds is 4. The minimum absolute atomic E-state index is 0.0514. The Morgan fingerprint density at radius 2 is 2.31 bits per heavy atom. The first-order valence-corrected chi connectivity index (χ1v) is 4.11. The van der Waals surface area contributed by atoms with Gasteiger partial charge in [0.05, 0.1) is 6.20 Å². The predicted molar refractivity (Wildman–Crippen MR) is 47.3 cm³/mol. The van der Waals surface area contributed by atoms with Gasteiger partial charge in [0.1, 0.15) is 5.82 Å². The summed E-state index contributed by atoms with van der Waals surface area (Å²) in [5.41, 5.74) is 4.72. The Bertz CT molecular complexity index is 387. The van der Waals surface area contributed by atoms with Crippen LogP contribution in [0.3, 0.4) is 0 Å². The Hall–Kier alpha value is -1.99. The second kappa shape index (κ2) is 5.19. The largest absolute Gasteiger partial charge is 0.417 e. The molecule has 1 rings (SSSR count). The summed E-state index contributed by atoms with van der Waals surface area (Å²) in [6.45, 7) is -3.28. The minimum atomic E-state index is -3.05. The Morgan fingerprint density at radius 3 is 2.88 bits per heavy atom. The van der Waals surface area contributed by atoms with Gasteiger partial charge in [-0.1, -0.05) is 0 Å². The zero-order valence-electron chi connectivity index (χ0n) is 7.91. The van der Waals surface area contributed by atoms with Crippen molar-refractivity contribution in [1.29, 1.82) is 0 Å². The van der Waals surface area contributed by atoms with Crippen molar-refractivity contribution >= 4 is 6.03 Å². The fraction of sp³-hybridized carbons (Fsp3) is 0.250. The van der Waals surface area contributed by atoms with Gasteiger partial charge in [-0.25, -0.2) is 14.2 Å². The molecule has 0 saturated heterocycles. The lowest BCUT2D eigenvalue weighted by Gasteiger charge is -2.07. The molecule has 0 saturated carbocycles. The van der Waals surface area contributed by atoms with E-state index in [0.29, 0.717) is 0 Å².